The van der Waals surface area contributed by atoms with E-state index in [1.807, 2.05) is 24.3 Å². The van der Waals surface area contributed by atoms with Gasteiger partial charge in [-0.15, -0.1) is 24.0 Å². The van der Waals surface area contributed by atoms with Crippen molar-refractivity contribution in [2.24, 2.45) is 16.3 Å². The Bertz CT molecular complexity index is 876. The first-order valence-corrected chi connectivity index (χ1v) is 11.4. The van der Waals surface area contributed by atoms with E-state index in [2.05, 4.69) is 43.6 Å². The number of aliphatic imine (C=N–C) groups is 1. The summed E-state index contributed by atoms with van der Waals surface area (Å²) in [5.41, 5.74) is 1.90. The number of ether oxygens (including phenoxy) is 1. The van der Waals surface area contributed by atoms with Crippen molar-refractivity contribution in [2.45, 2.75) is 53.2 Å². The average Bonchev–Trinajstić information content (AvgIpc) is 3.31. The van der Waals surface area contributed by atoms with E-state index in [1.165, 1.54) is 12.7 Å². The van der Waals surface area contributed by atoms with E-state index < -0.39 is 0 Å². The minimum absolute atomic E-state index is 0. The fourth-order valence-electron chi connectivity index (χ4n) is 4.04. The molecule has 1 aromatic heterocycles. The summed E-state index contributed by atoms with van der Waals surface area (Å²) in [5.74, 6) is 1.29. The SMILES string of the molecule is CCNC(=NCc1ccc(NC(=O)c2ccco2)cc1)NCC1CCCOC1C(C)(C)C.I. The lowest BCUT2D eigenvalue weighted by Crippen LogP contribution is -2.47. The van der Waals surface area contributed by atoms with Gasteiger partial charge in [0.1, 0.15) is 0 Å². The van der Waals surface area contributed by atoms with Gasteiger partial charge in [-0.3, -0.25) is 4.79 Å². The Balaban J connectivity index is 0.00000385. The monoisotopic (exact) mass is 568 g/mol. The Morgan fingerprint density at radius 1 is 1.15 bits per heavy atom. The lowest BCUT2D eigenvalue weighted by molar-refractivity contribution is -0.0835. The normalized spacial score (nSPS) is 18.8. The Hall–Kier alpha value is -2.07. The number of carbonyl (C=O) groups is 1. The lowest BCUT2D eigenvalue weighted by Gasteiger charge is -2.40. The molecule has 1 aliphatic rings. The summed E-state index contributed by atoms with van der Waals surface area (Å²) in [5, 5.41) is 9.66. The van der Waals surface area contributed by atoms with E-state index in [9.17, 15) is 4.79 Å². The second-order valence-corrected chi connectivity index (χ2v) is 9.26. The minimum Gasteiger partial charge on any atom is -0.459 e. The first-order valence-electron chi connectivity index (χ1n) is 11.4. The molecule has 2 aromatic rings. The van der Waals surface area contributed by atoms with Crippen LogP contribution in [0.4, 0.5) is 5.69 Å². The lowest BCUT2D eigenvalue weighted by atomic mass is 9.78. The number of carbonyl (C=O) groups excluding carboxylic acids is 1. The molecule has 0 aliphatic carbocycles. The van der Waals surface area contributed by atoms with Crippen LogP contribution < -0.4 is 16.0 Å². The van der Waals surface area contributed by atoms with E-state index in [1.54, 1.807) is 12.1 Å². The zero-order valence-corrected chi connectivity index (χ0v) is 22.3. The average molecular weight is 569 g/mol. The van der Waals surface area contributed by atoms with Crippen molar-refractivity contribution in [3.63, 3.8) is 0 Å². The second kappa shape index (κ2) is 13.0. The first kappa shape index (κ1) is 27.2. The number of nitrogens with one attached hydrogen (secondary N) is 3. The van der Waals surface area contributed by atoms with Crippen LogP contribution in [0, 0.1) is 11.3 Å². The molecule has 0 bridgehead atoms. The number of rotatable bonds is 7. The highest BCUT2D eigenvalue weighted by Gasteiger charge is 2.35. The molecule has 0 saturated carbocycles. The van der Waals surface area contributed by atoms with Crippen molar-refractivity contribution in [1.29, 1.82) is 0 Å². The van der Waals surface area contributed by atoms with E-state index >= 15 is 0 Å². The van der Waals surface area contributed by atoms with Gasteiger partial charge >= 0.3 is 0 Å². The van der Waals surface area contributed by atoms with Crippen molar-refractivity contribution in [1.82, 2.24) is 10.6 Å². The van der Waals surface area contributed by atoms with Gasteiger partial charge in [0, 0.05) is 31.3 Å². The van der Waals surface area contributed by atoms with E-state index in [0.29, 0.717) is 12.5 Å². The van der Waals surface area contributed by atoms with Crippen molar-refractivity contribution in [3.05, 3.63) is 54.0 Å². The Morgan fingerprint density at radius 2 is 1.91 bits per heavy atom. The van der Waals surface area contributed by atoms with Gasteiger partial charge in [-0.2, -0.15) is 0 Å². The number of guanidine groups is 1. The van der Waals surface area contributed by atoms with Gasteiger partial charge in [0.05, 0.1) is 18.9 Å². The molecule has 2 unspecified atom stereocenters. The number of benzene rings is 1. The molecule has 1 saturated heterocycles. The Labute approximate surface area is 214 Å². The Morgan fingerprint density at radius 3 is 2.55 bits per heavy atom. The standard InChI is InChI=1S/C25H36N4O3.HI/c1-5-26-24(28-17-19-8-6-15-32-22(19)25(2,3)4)27-16-18-10-12-20(13-11-18)29-23(30)21-9-7-14-31-21;/h7,9-14,19,22H,5-6,8,15-17H2,1-4H3,(H,29,30)(H2,26,27,28);1H. The summed E-state index contributed by atoms with van der Waals surface area (Å²) in [6.07, 6.45) is 4.00. The fraction of sp³-hybridized carbons (Fsp3) is 0.520. The highest BCUT2D eigenvalue weighted by atomic mass is 127. The highest BCUT2D eigenvalue weighted by Crippen LogP contribution is 2.33. The molecule has 1 amide bonds. The molecule has 33 heavy (non-hydrogen) atoms. The zero-order chi connectivity index (χ0) is 23.0. The van der Waals surface area contributed by atoms with Gasteiger partial charge < -0.3 is 25.1 Å². The van der Waals surface area contributed by atoms with Gasteiger partial charge in [0.15, 0.2) is 11.7 Å². The van der Waals surface area contributed by atoms with Crippen LogP contribution in [0.1, 0.15) is 56.7 Å². The molecule has 0 spiro atoms. The van der Waals surface area contributed by atoms with Crippen LogP contribution in [-0.2, 0) is 11.3 Å². The van der Waals surface area contributed by atoms with Gasteiger partial charge in [0.25, 0.3) is 5.91 Å². The summed E-state index contributed by atoms with van der Waals surface area (Å²) in [6.45, 7) is 11.8. The summed E-state index contributed by atoms with van der Waals surface area (Å²) in [6, 6.07) is 11.0. The summed E-state index contributed by atoms with van der Waals surface area (Å²) < 4.78 is 11.2. The van der Waals surface area contributed by atoms with Crippen molar-refractivity contribution >= 4 is 41.5 Å². The molecule has 1 aromatic carbocycles. The topological polar surface area (TPSA) is 87.9 Å². The number of hydrogen-bond acceptors (Lipinski definition) is 4. The van der Waals surface area contributed by atoms with Crippen molar-refractivity contribution in [2.75, 3.05) is 25.0 Å². The van der Waals surface area contributed by atoms with Gasteiger partial charge in [0.2, 0.25) is 0 Å². The second-order valence-electron chi connectivity index (χ2n) is 9.26. The zero-order valence-electron chi connectivity index (χ0n) is 20.0. The molecular formula is C25H37IN4O3. The van der Waals surface area contributed by atoms with Crippen LogP contribution >= 0.6 is 24.0 Å². The molecule has 2 heterocycles. The van der Waals surface area contributed by atoms with Crippen LogP contribution in [-0.4, -0.2) is 37.7 Å². The quantitative estimate of drug-likeness (QED) is 0.247. The van der Waals surface area contributed by atoms with Crippen molar-refractivity contribution in [3.8, 4) is 0 Å². The molecule has 1 fully saturated rings. The van der Waals surface area contributed by atoms with Crippen LogP contribution in [0.3, 0.4) is 0 Å². The fourth-order valence-corrected chi connectivity index (χ4v) is 4.04. The number of hydrogen-bond donors (Lipinski definition) is 3. The molecular weight excluding hydrogens is 531 g/mol. The number of anilines is 1. The molecule has 1 aliphatic heterocycles. The molecule has 3 N–H and O–H groups in total. The Kier molecular flexibility index (Phi) is 10.7. The van der Waals surface area contributed by atoms with Crippen LogP contribution in [0.25, 0.3) is 0 Å². The van der Waals surface area contributed by atoms with E-state index in [-0.39, 0.29) is 47.2 Å². The predicted molar refractivity (Wildman–Crippen MR) is 143 cm³/mol. The van der Waals surface area contributed by atoms with Gasteiger partial charge in [-0.1, -0.05) is 32.9 Å². The third-order valence-electron chi connectivity index (χ3n) is 5.55. The van der Waals surface area contributed by atoms with Crippen LogP contribution in [0.15, 0.2) is 52.1 Å². The highest BCUT2D eigenvalue weighted by molar-refractivity contribution is 14.0. The van der Waals surface area contributed by atoms with Crippen molar-refractivity contribution < 1.29 is 13.9 Å². The van der Waals surface area contributed by atoms with Gasteiger partial charge in [-0.25, -0.2) is 4.99 Å². The smallest absolute Gasteiger partial charge is 0.291 e. The largest absolute Gasteiger partial charge is 0.459 e. The summed E-state index contributed by atoms with van der Waals surface area (Å²) in [7, 11) is 0. The van der Waals surface area contributed by atoms with Crippen LogP contribution in [0.2, 0.25) is 0 Å². The first-order chi connectivity index (χ1) is 15.4. The molecule has 2 atom stereocenters. The maximum Gasteiger partial charge on any atom is 0.291 e. The molecule has 182 valence electrons. The molecule has 8 heteroatoms. The number of halogens is 1. The maximum absolute atomic E-state index is 12.1. The van der Waals surface area contributed by atoms with Gasteiger partial charge in [-0.05, 0) is 55.0 Å². The van der Waals surface area contributed by atoms with E-state index in [4.69, 9.17) is 14.1 Å². The third kappa shape index (κ3) is 8.33. The molecule has 7 nitrogen and oxygen atoms in total. The summed E-state index contributed by atoms with van der Waals surface area (Å²) >= 11 is 0. The number of nitrogens with zero attached hydrogens (tertiary/aromatic N) is 1. The molecule has 3 rings (SSSR count). The number of furan rings is 1. The van der Waals surface area contributed by atoms with E-state index in [0.717, 1.165) is 43.3 Å². The van der Waals surface area contributed by atoms with Crippen LogP contribution in [0.5, 0.6) is 0 Å². The minimum atomic E-state index is -0.264. The summed E-state index contributed by atoms with van der Waals surface area (Å²) in [4.78, 5) is 16.8. The molecule has 0 radical (unpaired) electrons. The maximum atomic E-state index is 12.1. The predicted octanol–water partition coefficient (Wildman–Crippen LogP) is 5.05. The number of amides is 1. The third-order valence-corrected chi connectivity index (χ3v) is 5.55.